The molecule has 0 fully saturated rings. The molecule has 1 aromatic heterocycles. The van der Waals surface area contributed by atoms with E-state index in [-0.39, 0.29) is 0 Å². The number of nitrogens with zero attached hydrogens (tertiary/aromatic N) is 2. The van der Waals surface area contributed by atoms with Crippen molar-refractivity contribution in [1.82, 2.24) is 9.97 Å². The van der Waals surface area contributed by atoms with Crippen LogP contribution in [0.5, 0.6) is 11.8 Å². The third kappa shape index (κ3) is 4.09. The number of methoxy groups -OCH3 is 2. The first kappa shape index (κ1) is 13.5. The first-order valence-corrected chi connectivity index (χ1v) is 5.77. The normalized spacial score (nSPS) is 12.4. The van der Waals surface area contributed by atoms with Crippen LogP contribution in [0.3, 0.4) is 0 Å². The number of anilines is 1. The van der Waals surface area contributed by atoms with Crippen molar-refractivity contribution >= 4 is 5.95 Å². The lowest BCUT2D eigenvalue weighted by atomic mass is 9.98. The summed E-state index contributed by atoms with van der Waals surface area (Å²) in [5.74, 6) is 2.70. The van der Waals surface area contributed by atoms with Gasteiger partial charge < -0.3 is 14.8 Å². The second-order valence-corrected chi connectivity index (χ2v) is 4.38. The molecule has 0 spiro atoms. The molecular weight excluding hydrogens is 218 g/mol. The van der Waals surface area contributed by atoms with E-state index < -0.39 is 0 Å². The van der Waals surface area contributed by atoms with Gasteiger partial charge in [-0.15, -0.1) is 0 Å². The summed E-state index contributed by atoms with van der Waals surface area (Å²) < 4.78 is 10.2. The monoisotopic (exact) mass is 239 g/mol. The Labute approximate surface area is 103 Å². The Kier molecular flexibility index (Phi) is 5.00. The topological polar surface area (TPSA) is 56.3 Å². The molecule has 1 N–H and O–H groups in total. The van der Waals surface area contributed by atoms with Gasteiger partial charge in [0.15, 0.2) is 0 Å². The Hall–Kier alpha value is -1.52. The highest BCUT2D eigenvalue weighted by Gasteiger charge is 2.09. The summed E-state index contributed by atoms with van der Waals surface area (Å²) in [4.78, 5) is 8.41. The molecule has 0 aliphatic carbocycles. The first-order valence-electron chi connectivity index (χ1n) is 5.77. The maximum Gasteiger partial charge on any atom is 0.229 e. The lowest BCUT2D eigenvalue weighted by Crippen LogP contribution is -2.17. The van der Waals surface area contributed by atoms with Crippen LogP contribution in [0.15, 0.2) is 6.07 Å². The lowest BCUT2D eigenvalue weighted by molar-refractivity contribution is 0.372. The van der Waals surface area contributed by atoms with Gasteiger partial charge in [0.05, 0.1) is 20.3 Å². The van der Waals surface area contributed by atoms with Gasteiger partial charge in [-0.1, -0.05) is 20.8 Å². The molecule has 5 nitrogen and oxygen atoms in total. The highest BCUT2D eigenvalue weighted by atomic mass is 16.5. The molecule has 0 aromatic carbocycles. The van der Waals surface area contributed by atoms with Gasteiger partial charge in [0.1, 0.15) is 0 Å². The third-order valence-electron chi connectivity index (χ3n) is 2.82. The molecule has 1 aromatic rings. The smallest absolute Gasteiger partial charge is 0.229 e. The van der Waals surface area contributed by atoms with E-state index in [4.69, 9.17) is 9.47 Å². The molecule has 0 bridgehead atoms. The molecule has 0 amide bonds. The fourth-order valence-electron chi connectivity index (χ4n) is 1.18. The summed E-state index contributed by atoms with van der Waals surface area (Å²) in [5.41, 5.74) is 0. The summed E-state index contributed by atoms with van der Waals surface area (Å²) in [6.07, 6.45) is 0. The summed E-state index contributed by atoms with van der Waals surface area (Å²) in [6, 6.07) is 1.65. The van der Waals surface area contributed by atoms with Gasteiger partial charge in [0.2, 0.25) is 17.7 Å². The molecule has 5 heteroatoms. The molecule has 0 saturated heterocycles. The van der Waals surface area contributed by atoms with Crippen LogP contribution in [-0.2, 0) is 0 Å². The number of nitrogens with one attached hydrogen (secondary N) is 1. The predicted molar refractivity (Wildman–Crippen MR) is 67.6 cm³/mol. The highest BCUT2D eigenvalue weighted by molar-refractivity contribution is 5.33. The Bertz CT molecular complexity index is 333. The molecule has 96 valence electrons. The Morgan fingerprint density at radius 3 is 2.06 bits per heavy atom. The quantitative estimate of drug-likeness (QED) is 0.824. The Morgan fingerprint density at radius 1 is 1.12 bits per heavy atom. The minimum Gasteiger partial charge on any atom is -0.481 e. The van der Waals surface area contributed by atoms with Crippen molar-refractivity contribution in [2.24, 2.45) is 11.8 Å². The van der Waals surface area contributed by atoms with Crippen LogP contribution in [-0.4, -0.2) is 30.7 Å². The fourth-order valence-corrected chi connectivity index (χ4v) is 1.18. The second kappa shape index (κ2) is 6.27. The van der Waals surface area contributed by atoms with Crippen molar-refractivity contribution in [2.75, 3.05) is 26.1 Å². The number of hydrogen-bond donors (Lipinski definition) is 1. The zero-order valence-corrected chi connectivity index (χ0v) is 11.2. The minimum atomic E-state index is 0.497. The van der Waals surface area contributed by atoms with Gasteiger partial charge in [-0.3, -0.25) is 0 Å². The first-order chi connectivity index (χ1) is 8.06. The van der Waals surface area contributed by atoms with Gasteiger partial charge in [0, 0.05) is 6.54 Å². The van der Waals surface area contributed by atoms with Crippen LogP contribution in [0, 0.1) is 11.8 Å². The van der Waals surface area contributed by atoms with Crippen LogP contribution >= 0.6 is 0 Å². The van der Waals surface area contributed by atoms with Crippen LogP contribution in [0.2, 0.25) is 0 Å². The minimum absolute atomic E-state index is 0.497. The second-order valence-electron chi connectivity index (χ2n) is 4.38. The molecule has 17 heavy (non-hydrogen) atoms. The SMILES string of the molecule is COc1cc(OC)nc(NCC(C)C(C)C)n1. The molecule has 1 unspecified atom stereocenters. The molecule has 0 aliphatic rings. The van der Waals surface area contributed by atoms with Crippen LogP contribution in [0.1, 0.15) is 20.8 Å². The molecule has 1 heterocycles. The van der Waals surface area contributed by atoms with E-state index in [1.807, 2.05) is 0 Å². The highest BCUT2D eigenvalue weighted by Crippen LogP contribution is 2.18. The van der Waals surface area contributed by atoms with Crippen LogP contribution < -0.4 is 14.8 Å². The van der Waals surface area contributed by atoms with E-state index in [1.165, 1.54) is 0 Å². The van der Waals surface area contributed by atoms with E-state index in [2.05, 4.69) is 36.1 Å². The van der Waals surface area contributed by atoms with Gasteiger partial charge in [-0.2, -0.15) is 9.97 Å². The predicted octanol–water partition coefficient (Wildman–Crippen LogP) is 2.20. The van der Waals surface area contributed by atoms with E-state index in [1.54, 1.807) is 20.3 Å². The van der Waals surface area contributed by atoms with Crippen LogP contribution in [0.4, 0.5) is 5.95 Å². The number of rotatable bonds is 6. The van der Waals surface area contributed by atoms with E-state index in [0.29, 0.717) is 29.5 Å². The van der Waals surface area contributed by atoms with Crippen LogP contribution in [0.25, 0.3) is 0 Å². The van der Waals surface area contributed by atoms with E-state index in [0.717, 1.165) is 6.54 Å². The summed E-state index contributed by atoms with van der Waals surface area (Å²) in [7, 11) is 3.14. The number of aromatic nitrogens is 2. The van der Waals surface area contributed by atoms with E-state index in [9.17, 15) is 0 Å². The standard InChI is InChI=1S/C12H21N3O2/c1-8(2)9(3)7-13-12-14-10(16-4)6-11(15-12)17-5/h6,8-9H,7H2,1-5H3,(H,13,14,15). The average molecular weight is 239 g/mol. The number of hydrogen-bond acceptors (Lipinski definition) is 5. The average Bonchev–Trinajstić information content (AvgIpc) is 2.35. The maximum absolute atomic E-state index is 5.08. The largest absolute Gasteiger partial charge is 0.481 e. The molecule has 0 radical (unpaired) electrons. The van der Waals surface area contributed by atoms with Crippen molar-refractivity contribution < 1.29 is 9.47 Å². The molecule has 0 saturated carbocycles. The fraction of sp³-hybridized carbons (Fsp3) is 0.667. The third-order valence-corrected chi connectivity index (χ3v) is 2.82. The Balaban J connectivity index is 2.70. The molecule has 1 atom stereocenters. The zero-order valence-electron chi connectivity index (χ0n) is 11.2. The van der Waals surface area contributed by atoms with Crippen molar-refractivity contribution in [3.8, 4) is 11.8 Å². The summed E-state index contributed by atoms with van der Waals surface area (Å²) in [6.45, 7) is 7.40. The van der Waals surface area contributed by atoms with E-state index >= 15 is 0 Å². The zero-order chi connectivity index (χ0) is 12.8. The molecular formula is C12H21N3O2. The molecule has 1 rings (SSSR count). The van der Waals surface area contributed by atoms with Gasteiger partial charge in [-0.25, -0.2) is 0 Å². The van der Waals surface area contributed by atoms with Crippen molar-refractivity contribution in [1.29, 1.82) is 0 Å². The maximum atomic E-state index is 5.08. The van der Waals surface area contributed by atoms with Gasteiger partial charge in [0.25, 0.3) is 0 Å². The Morgan fingerprint density at radius 2 is 1.65 bits per heavy atom. The summed E-state index contributed by atoms with van der Waals surface area (Å²) >= 11 is 0. The van der Waals surface area contributed by atoms with Gasteiger partial charge in [-0.05, 0) is 11.8 Å². The van der Waals surface area contributed by atoms with Crippen molar-refractivity contribution in [3.63, 3.8) is 0 Å². The van der Waals surface area contributed by atoms with Gasteiger partial charge >= 0.3 is 0 Å². The van der Waals surface area contributed by atoms with Crippen molar-refractivity contribution in [3.05, 3.63) is 6.07 Å². The van der Waals surface area contributed by atoms with Crippen molar-refractivity contribution in [2.45, 2.75) is 20.8 Å². The lowest BCUT2D eigenvalue weighted by Gasteiger charge is -2.16. The number of ether oxygens (including phenoxy) is 2. The summed E-state index contributed by atoms with van der Waals surface area (Å²) in [5, 5.41) is 3.19. The molecule has 0 aliphatic heterocycles.